The number of para-hydroxylation sites is 2. The van der Waals surface area contributed by atoms with Crippen LogP contribution in [-0.4, -0.2) is 11.8 Å². The molecule has 11 heavy (non-hydrogen) atoms. The van der Waals surface area contributed by atoms with Crippen molar-refractivity contribution in [2.24, 2.45) is 0 Å². The average molecular weight is 168 g/mol. The third-order valence-corrected chi connectivity index (χ3v) is 2.41. The van der Waals surface area contributed by atoms with Crippen molar-refractivity contribution < 1.29 is 5.11 Å². The molecule has 1 aromatic carbocycles. The zero-order valence-corrected chi connectivity index (χ0v) is 6.64. The van der Waals surface area contributed by atoms with Crippen LogP contribution >= 0.6 is 12.1 Å². The van der Waals surface area contributed by atoms with E-state index in [1.807, 2.05) is 24.3 Å². The highest BCUT2D eigenvalue weighted by atomic mass is 32.2. The van der Waals surface area contributed by atoms with Gasteiger partial charge in [0.1, 0.15) is 6.73 Å². The molecule has 0 aliphatic carbocycles. The molecule has 1 aliphatic rings. The van der Waals surface area contributed by atoms with E-state index >= 15 is 0 Å². The fourth-order valence-corrected chi connectivity index (χ4v) is 1.73. The number of nitrogens with one attached hydrogen (secondary N) is 1. The van der Waals surface area contributed by atoms with Crippen molar-refractivity contribution in [2.75, 3.05) is 15.8 Å². The molecule has 1 heterocycles. The Bertz CT molecular complexity index is 266. The predicted octanol–water partition coefficient (Wildman–Crippen LogP) is 1.43. The monoisotopic (exact) mass is 168 g/mol. The molecule has 0 atom stereocenters. The summed E-state index contributed by atoms with van der Waals surface area (Å²) in [6.07, 6.45) is 0. The highest BCUT2D eigenvalue weighted by Crippen LogP contribution is 2.37. The smallest absolute Gasteiger partial charge is 0.127 e. The second-order valence-electron chi connectivity index (χ2n) is 2.23. The van der Waals surface area contributed by atoms with Gasteiger partial charge in [-0.2, -0.15) is 0 Å². The number of aliphatic hydroxyl groups is 1. The Balaban J connectivity index is 2.39. The molecular weight excluding hydrogens is 160 g/mol. The third-order valence-electron chi connectivity index (χ3n) is 1.57. The zero-order valence-electron chi connectivity index (χ0n) is 5.82. The third kappa shape index (κ3) is 1.04. The van der Waals surface area contributed by atoms with Crippen LogP contribution in [0.2, 0.25) is 0 Å². The molecule has 0 spiro atoms. The molecule has 0 radical (unpaired) electrons. The van der Waals surface area contributed by atoms with E-state index in [0.29, 0.717) is 0 Å². The Kier molecular flexibility index (Phi) is 1.63. The van der Waals surface area contributed by atoms with Crippen molar-refractivity contribution in [3.05, 3.63) is 24.3 Å². The van der Waals surface area contributed by atoms with Crippen molar-refractivity contribution in [3.8, 4) is 0 Å². The van der Waals surface area contributed by atoms with Crippen molar-refractivity contribution in [3.63, 3.8) is 0 Å². The highest BCUT2D eigenvalue weighted by Gasteiger charge is 2.17. The quantitative estimate of drug-likeness (QED) is 0.622. The summed E-state index contributed by atoms with van der Waals surface area (Å²) in [7, 11) is 0. The van der Waals surface area contributed by atoms with Gasteiger partial charge >= 0.3 is 0 Å². The summed E-state index contributed by atoms with van der Waals surface area (Å²) in [5, 5.41) is 8.88. The van der Waals surface area contributed by atoms with Crippen molar-refractivity contribution in [1.29, 1.82) is 0 Å². The van der Waals surface area contributed by atoms with Gasteiger partial charge in [0.2, 0.25) is 0 Å². The van der Waals surface area contributed by atoms with Gasteiger partial charge in [-0.3, -0.25) is 4.31 Å². The minimum absolute atomic E-state index is 0.0364. The number of benzene rings is 1. The number of hydrogen-bond acceptors (Lipinski definition) is 4. The first kappa shape index (κ1) is 6.82. The number of anilines is 2. The van der Waals surface area contributed by atoms with Crippen LogP contribution in [0.15, 0.2) is 24.3 Å². The van der Waals surface area contributed by atoms with Gasteiger partial charge in [0.05, 0.1) is 23.5 Å². The molecule has 1 aliphatic heterocycles. The highest BCUT2D eigenvalue weighted by molar-refractivity contribution is 8.02. The lowest BCUT2D eigenvalue weighted by Gasteiger charge is -2.10. The molecule has 3 nitrogen and oxygen atoms in total. The normalized spacial score (nSPS) is 14.5. The van der Waals surface area contributed by atoms with E-state index in [1.54, 1.807) is 4.31 Å². The van der Waals surface area contributed by atoms with Crippen LogP contribution in [0.1, 0.15) is 0 Å². The van der Waals surface area contributed by atoms with Gasteiger partial charge in [-0.15, -0.1) is 0 Å². The van der Waals surface area contributed by atoms with Gasteiger partial charge in [-0.25, -0.2) is 0 Å². The SMILES string of the molecule is OCN1SNc2ccccc21. The lowest BCUT2D eigenvalue weighted by Crippen LogP contribution is -2.11. The van der Waals surface area contributed by atoms with Crippen LogP contribution in [0.3, 0.4) is 0 Å². The summed E-state index contributed by atoms with van der Waals surface area (Å²) >= 11 is 1.40. The van der Waals surface area contributed by atoms with E-state index in [0.717, 1.165) is 11.4 Å². The van der Waals surface area contributed by atoms with Crippen LogP contribution < -0.4 is 9.03 Å². The Labute approximate surface area is 69.3 Å². The lowest BCUT2D eigenvalue weighted by atomic mass is 10.3. The summed E-state index contributed by atoms with van der Waals surface area (Å²) in [4.78, 5) is 0. The number of hydrogen-bond donors (Lipinski definition) is 2. The maximum Gasteiger partial charge on any atom is 0.127 e. The van der Waals surface area contributed by atoms with Gasteiger partial charge in [0.15, 0.2) is 0 Å². The molecule has 58 valence electrons. The minimum Gasteiger partial charge on any atom is -0.375 e. The largest absolute Gasteiger partial charge is 0.375 e. The zero-order chi connectivity index (χ0) is 7.68. The first-order chi connectivity index (χ1) is 5.42. The van der Waals surface area contributed by atoms with Crippen molar-refractivity contribution >= 4 is 23.5 Å². The molecule has 0 bridgehead atoms. The van der Waals surface area contributed by atoms with Crippen LogP contribution in [0.4, 0.5) is 11.4 Å². The molecule has 0 aromatic heterocycles. The topological polar surface area (TPSA) is 35.5 Å². The fourth-order valence-electron chi connectivity index (χ4n) is 1.04. The van der Waals surface area contributed by atoms with Crippen LogP contribution in [0.25, 0.3) is 0 Å². The summed E-state index contributed by atoms with van der Waals surface area (Å²) in [5.74, 6) is 0. The van der Waals surface area contributed by atoms with E-state index < -0.39 is 0 Å². The predicted molar refractivity (Wildman–Crippen MR) is 47.2 cm³/mol. The van der Waals surface area contributed by atoms with Gasteiger partial charge in [-0.1, -0.05) is 12.1 Å². The Morgan fingerprint density at radius 2 is 2.27 bits per heavy atom. The van der Waals surface area contributed by atoms with Crippen LogP contribution in [0.5, 0.6) is 0 Å². The van der Waals surface area contributed by atoms with Gasteiger partial charge in [-0.05, 0) is 12.1 Å². The Morgan fingerprint density at radius 3 is 3.09 bits per heavy atom. The first-order valence-electron chi connectivity index (χ1n) is 3.32. The second-order valence-corrected chi connectivity index (χ2v) is 3.06. The molecule has 4 heteroatoms. The number of aliphatic hydroxyl groups excluding tert-OH is 1. The fraction of sp³-hybridized carbons (Fsp3) is 0.143. The molecular formula is C7H8N2OS. The number of fused-ring (bicyclic) bond motifs is 1. The molecule has 0 fully saturated rings. The maximum atomic E-state index is 8.88. The van der Waals surface area contributed by atoms with E-state index in [4.69, 9.17) is 5.11 Å². The average Bonchev–Trinajstić information content (AvgIpc) is 2.47. The summed E-state index contributed by atoms with van der Waals surface area (Å²) in [5.41, 5.74) is 2.10. The molecule has 0 saturated carbocycles. The van der Waals surface area contributed by atoms with E-state index in [1.165, 1.54) is 12.1 Å². The van der Waals surface area contributed by atoms with E-state index in [-0.39, 0.29) is 6.73 Å². The molecule has 2 N–H and O–H groups in total. The molecule has 0 unspecified atom stereocenters. The Hall–Kier alpha value is -0.870. The van der Waals surface area contributed by atoms with Crippen LogP contribution in [-0.2, 0) is 0 Å². The maximum absolute atomic E-state index is 8.88. The van der Waals surface area contributed by atoms with E-state index in [2.05, 4.69) is 4.72 Å². The lowest BCUT2D eigenvalue weighted by molar-refractivity contribution is 0.313. The van der Waals surface area contributed by atoms with Gasteiger partial charge in [0, 0.05) is 0 Å². The Morgan fingerprint density at radius 1 is 1.45 bits per heavy atom. The first-order valence-corrected chi connectivity index (χ1v) is 4.09. The summed E-state index contributed by atoms with van der Waals surface area (Å²) < 4.78 is 4.87. The van der Waals surface area contributed by atoms with Gasteiger partial charge in [0.25, 0.3) is 0 Å². The standard InChI is InChI=1S/C7H8N2OS/c10-5-9-7-4-2-1-3-6(7)8-11-9/h1-4,8,10H,5H2. The summed E-state index contributed by atoms with van der Waals surface area (Å²) in [6.45, 7) is 0.0364. The van der Waals surface area contributed by atoms with Crippen LogP contribution in [0, 0.1) is 0 Å². The van der Waals surface area contributed by atoms with Gasteiger partial charge < -0.3 is 9.83 Å². The molecule has 0 amide bonds. The number of rotatable bonds is 1. The molecule has 2 rings (SSSR count). The number of nitrogens with zero attached hydrogens (tertiary/aromatic N) is 1. The minimum atomic E-state index is 0.0364. The van der Waals surface area contributed by atoms with Crippen molar-refractivity contribution in [1.82, 2.24) is 0 Å². The second kappa shape index (κ2) is 2.64. The summed E-state index contributed by atoms with van der Waals surface area (Å²) in [6, 6.07) is 7.87. The van der Waals surface area contributed by atoms with Crippen molar-refractivity contribution in [2.45, 2.75) is 0 Å². The molecule has 0 saturated heterocycles. The molecule has 1 aromatic rings. The van der Waals surface area contributed by atoms with E-state index in [9.17, 15) is 0 Å².